The fourth-order valence-electron chi connectivity index (χ4n) is 2.10. The lowest BCUT2D eigenvalue weighted by atomic mass is 9.96. The second kappa shape index (κ2) is 6.76. The molecule has 1 amide bonds. The number of benzene rings is 1. The molecular formula is C17H18N2O2. The molecule has 0 fully saturated rings. The Bertz CT molecular complexity index is 638. The number of hydrogen-bond acceptors (Lipinski definition) is 3. The molecule has 2 rings (SSSR count). The molecular weight excluding hydrogens is 264 g/mol. The fourth-order valence-corrected chi connectivity index (χ4v) is 2.10. The van der Waals surface area contributed by atoms with E-state index < -0.39 is 0 Å². The van der Waals surface area contributed by atoms with Gasteiger partial charge in [-0.25, -0.2) is 5.43 Å². The first-order valence-electron chi connectivity index (χ1n) is 6.81. The van der Waals surface area contributed by atoms with Crippen molar-refractivity contribution in [2.45, 2.75) is 20.3 Å². The van der Waals surface area contributed by atoms with E-state index >= 15 is 0 Å². The molecule has 0 aliphatic carbocycles. The third-order valence-electron chi connectivity index (χ3n) is 3.28. The standard InChI is InChI=1S/C17H18N2O2/c1-4-8-21-15-7-5-6-14(11-15)12(2)9-16-13(3)10-17(20)19-18-16/h1,5-7,9,11,13H,8,10H2,2-3H3,(H,19,20). The first-order valence-corrected chi connectivity index (χ1v) is 6.81. The predicted octanol–water partition coefficient (Wildman–Crippen LogP) is 2.61. The Hall–Kier alpha value is -2.54. The Balaban J connectivity index is 2.19. The van der Waals surface area contributed by atoms with Crippen molar-refractivity contribution >= 4 is 17.2 Å². The summed E-state index contributed by atoms with van der Waals surface area (Å²) in [5, 5.41) is 4.11. The average Bonchev–Trinajstić information content (AvgIpc) is 2.48. The zero-order valence-electron chi connectivity index (χ0n) is 12.2. The van der Waals surface area contributed by atoms with E-state index in [-0.39, 0.29) is 18.4 Å². The first kappa shape index (κ1) is 14.9. The Kier molecular flexibility index (Phi) is 4.78. The monoisotopic (exact) mass is 282 g/mol. The Labute approximate surface area is 124 Å². The van der Waals surface area contributed by atoms with Gasteiger partial charge in [-0.15, -0.1) is 6.42 Å². The molecule has 1 aromatic rings. The van der Waals surface area contributed by atoms with E-state index in [0.29, 0.717) is 6.42 Å². The van der Waals surface area contributed by atoms with Crippen LogP contribution >= 0.6 is 0 Å². The normalized spacial score (nSPS) is 18.5. The van der Waals surface area contributed by atoms with Crippen LogP contribution < -0.4 is 10.2 Å². The number of ether oxygens (including phenoxy) is 1. The lowest BCUT2D eigenvalue weighted by Crippen LogP contribution is -2.30. The van der Waals surface area contributed by atoms with Gasteiger partial charge in [0.25, 0.3) is 0 Å². The largest absolute Gasteiger partial charge is 0.481 e. The van der Waals surface area contributed by atoms with Crippen LogP contribution in [0.4, 0.5) is 0 Å². The molecule has 1 unspecified atom stereocenters. The third kappa shape index (κ3) is 3.96. The second-order valence-electron chi connectivity index (χ2n) is 5.02. The summed E-state index contributed by atoms with van der Waals surface area (Å²) >= 11 is 0. The number of nitrogens with one attached hydrogen (secondary N) is 1. The van der Waals surface area contributed by atoms with Crippen molar-refractivity contribution in [3.05, 3.63) is 35.9 Å². The van der Waals surface area contributed by atoms with Gasteiger partial charge >= 0.3 is 0 Å². The minimum absolute atomic E-state index is 0.0398. The first-order chi connectivity index (χ1) is 10.1. The maximum Gasteiger partial charge on any atom is 0.240 e. The molecule has 0 aromatic heterocycles. The van der Waals surface area contributed by atoms with Gasteiger partial charge in [0.15, 0.2) is 0 Å². The molecule has 0 saturated heterocycles. The van der Waals surface area contributed by atoms with Crippen molar-refractivity contribution in [3.63, 3.8) is 0 Å². The molecule has 1 aliphatic rings. The summed E-state index contributed by atoms with van der Waals surface area (Å²) in [5.41, 5.74) is 5.49. The highest BCUT2D eigenvalue weighted by Gasteiger charge is 2.18. The molecule has 1 aliphatic heterocycles. The van der Waals surface area contributed by atoms with E-state index in [9.17, 15) is 4.79 Å². The van der Waals surface area contributed by atoms with Gasteiger partial charge in [0.05, 0.1) is 5.71 Å². The zero-order valence-corrected chi connectivity index (χ0v) is 12.2. The SMILES string of the molecule is C#CCOc1cccc(C(C)=CC2=NNC(=O)CC2C)c1. The van der Waals surface area contributed by atoms with Gasteiger partial charge in [0.1, 0.15) is 12.4 Å². The maximum atomic E-state index is 11.2. The molecule has 0 saturated carbocycles. The lowest BCUT2D eigenvalue weighted by molar-refractivity contribution is -0.121. The molecule has 1 aromatic carbocycles. The Morgan fingerprint density at radius 1 is 1.62 bits per heavy atom. The minimum atomic E-state index is -0.0398. The van der Waals surface area contributed by atoms with Crippen LogP contribution in [0.3, 0.4) is 0 Å². The summed E-state index contributed by atoms with van der Waals surface area (Å²) in [7, 11) is 0. The van der Waals surface area contributed by atoms with Gasteiger partial charge in [-0.3, -0.25) is 4.79 Å². The number of terminal acetylenes is 1. The third-order valence-corrected chi connectivity index (χ3v) is 3.28. The number of nitrogens with zero attached hydrogens (tertiary/aromatic N) is 1. The number of hydrazone groups is 1. The van der Waals surface area contributed by atoms with Crippen LogP contribution in [0.1, 0.15) is 25.8 Å². The van der Waals surface area contributed by atoms with E-state index in [1.54, 1.807) is 0 Å². The molecule has 0 bridgehead atoms. The Morgan fingerprint density at radius 3 is 3.14 bits per heavy atom. The molecule has 1 heterocycles. The summed E-state index contributed by atoms with van der Waals surface area (Å²) in [6.07, 6.45) is 7.64. The smallest absolute Gasteiger partial charge is 0.240 e. The summed E-state index contributed by atoms with van der Waals surface area (Å²) < 4.78 is 5.42. The molecule has 4 nitrogen and oxygen atoms in total. The highest BCUT2D eigenvalue weighted by molar-refractivity contribution is 6.05. The van der Waals surface area contributed by atoms with Crippen molar-refractivity contribution in [2.24, 2.45) is 11.0 Å². The summed E-state index contributed by atoms with van der Waals surface area (Å²) in [4.78, 5) is 11.2. The van der Waals surface area contributed by atoms with Crippen LogP contribution in [0.25, 0.3) is 5.57 Å². The van der Waals surface area contributed by atoms with Crippen LogP contribution in [-0.2, 0) is 4.79 Å². The number of allylic oxidation sites excluding steroid dienone is 2. The van der Waals surface area contributed by atoms with Gasteiger partial charge < -0.3 is 4.74 Å². The molecule has 21 heavy (non-hydrogen) atoms. The highest BCUT2D eigenvalue weighted by atomic mass is 16.5. The highest BCUT2D eigenvalue weighted by Crippen LogP contribution is 2.21. The minimum Gasteiger partial charge on any atom is -0.481 e. The van der Waals surface area contributed by atoms with Crippen LogP contribution in [0.5, 0.6) is 5.75 Å². The number of rotatable bonds is 4. The number of hydrogen-bond donors (Lipinski definition) is 1. The topological polar surface area (TPSA) is 50.7 Å². The summed E-state index contributed by atoms with van der Waals surface area (Å²) in [6.45, 7) is 4.25. The second-order valence-corrected chi connectivity index (χ2v) is 5.02. The van der Waals surface area contributed by atoms with E-state index in [1.165, 1.54) is 0 Å². The van der Waals surface area contributed by atoms with Gasteiger partial charge in [0.2, 0.25) is 5.91 Å². The van der Waals surface area contributed by atoms with Crippen molar-refractivity contribution in [1.82, 2.24) is 5.43 Å². The van der Waals surface area contributed by atoms with Gasteiger partial charge in [-0.1, -0.05) is 25.0 Å². The van der Waals surface area contributed by atoms with Crippen molar-refractivity contribution < 1.29 is 9.53 Å². The quantitative estimate of drug-likeness (QED) is 0.863. The van der Waals surface area contributed by atoms with E-state index in [0.717, 1.165) is 22.6 Å². The summed E-state index contributed by atoms with van der Waals surface area (Å²) in [5.74, 6) is 3.27. The van der Waals surface area contributed by atoms with Crippen molar-refractivity contribution in [3.8, 4) is 18.1 Å². The maximum absolute atomic E-state index is 11.2. The van der Waals surface area contributed by atoms with Crippen LogP contribution in [0.15, 0.2) is 35.4 Å². The Morgan fingerprint density at radius 2 is 2.43 bits per heavy atom. The summed E-state index contributed by atoms with van der Waals surface area (Å²) in [6, 6.07) is 7.73. The van der Waals surface area contributed by atoms with E-state index in [1.807, 2.05) is 44.2 Å². The molecule has 1 N–H and O–H groups in total. The number of amides is 1. The van der Waals surface area contributed by atoms with Gasteiger partial charge in [0, 0.05) is 12.3 Å². The lowest BCUT2D eigenvalue weighted by Gasteiger charge is -2.17. The van der Waals surface area contributed by atoms with Crippen LogP contribution in [-0.4, -0.2) is 18.2 Å². The number of carbonyl (C=O) groups is 1. The molecule has 1 atom stereocenters. The zero-order chi connectivity index (χ0) is 15.2. The molecule has 4 heteroatoms. The van der Waals surface area contributed by atoms with Crippen molar-refractivity contribution in [1.29, 1.82) is 0 Å². The van der Waals surface area contributed by atoms with Crippen LogP contribution in [0, 0.1) is 18.3 Å². The fraction of sp³-hybridized carbons (Fsp3) is 0.294. The average molecular weight is 282 g/mol. The molecule has 0 radical (unpaired) electrons. The van der Waals surface area contributed by atoms with E-state index in [2.05, 4.69) is 16.4 Å². The predicted molar refractivity (Wildman–Crippen MR) is 83.8 cm³/mol. The molecule has 0 spiro atoms. The van der Waals surface area contributed by atoms with Crippen molar-refractivity contribution in [2.75, 3.05) is 6.61 Å². The molecule has 108 valence electrons. The van der Waals surface area contributed by atoms with Gasteiger partial charge in [-0.05, 0) is 36.3 Å². The van der Waals surface area contributed by atoms with Crippen LogP contribution in [0.2, 0.25) is 0 Å². The van der Waals surface area contributed by atoms with E-state index in [4.69, 9.17) is 11.2 Å². The number of carbonyl (C=O) groups excluding carboxylic acids is 1. The van der Waals surface area contributed by atoms with Gasteiger partial charge in [-0.2, -0.15) is 5.10 Å².